The lowest BCUT2D eigenvalue weighted by Gasteiger charge is -2.08. The minimum Gasteiger partial charge on any atom is -0.312 e. The number of rotatable bonds is 4. The van der Waals surface area contributed by atoms with Gasteiger partial charge in [-0.3, -0.25) is 0 Å². The Hall–Kier alpha value is -1.87. The third-order valence-electron chi connectivity index (χ3n) is 3.34. The van der Waals surface area contributed by atoms with Gasteiger partial charge in [0.05, 0.1) is 0 Å². The molecule has 3 nitrogen and oxygen atoms in total. The lowest BCUT2D eigenvalue weighted by molar-refractivity contribution is 0.659. The third-order valence-corrected chi connectivity index (χ3v) is 3.71. The summed E-state index contributed by atoms with van der Waals surface area (Å²) in [5.74, 6) is 1.02. The molecule has 0 atom stereocenters. The SMILES string of the molecule is CCCn1c(Cc2ccccc2Cl)nc2cccnc21. The van der Waals surface area contributed by atoms with Crippen LogP contribution in [0.4, 0.5) is 0 Å². The molecule has 2 aromatic heterocycles. The average Bonchev–Trinajstić information content (AvgIpc) is 2.80. The van der Waals surface area contributed by atoms with Gasteiger partial charge >= 0.3 is 0 Å². The Bertz CT molecular complexity index is 733. The van der Waals surface area contributed by atoms with E-state index in [2.05, 4.69) is 16.5 Å². The Labute approximate surface area is 123 Å². The van der Waals surface area contributed by atoms with Crippen LogP contribution in [0.25, 0.3) is 11.2 Å². The van der Waals surface area contributed by atoms with E-state index in [-0.39, 0.29) is 0 Å². The van der Waals surface area contributed by atoms with E-state index in [1.54, 1.807) is 0 Å². The van der Waals surface area contributed by atoms with Gasteiger partial charge in [0.25, 0.3) is 0 Å². The molecule has 0 saturated heterocycles. The van der Waals surface area contributed by atoms with E-state index in [9.17, 15) is 0 Å². The summed E-state index contributed by atoms with van der Waals surface area (Å²) >= 11 is 6.25. The monoisotopic (exact) mass is 285 g/mol. The van der Waals surface area contributed by atoms with Crippen LogP contribution < -0.4 is 0 Å². The van der Waals surface area contributed by atoms with Gasteiger partial charge in [0.15, 0.2) is 5.65 Å². The number of hydrogen-bond donors (Lipinski definition) is 0. The predicted molar refractivity (Wildman–Crippen MR) is 82.1 cm³/mol. The number of aromatic nitrogens is 3. The molecule has 0 N–H and O–H groups in total. The third kappa shape index (κ3) is 2.41. The van der Waals surface area contributed by atoms with Crippen LogP contribution in [0.15, 0.2) is 42.6 Å². The standard InChI is InChI=1S/C16H16ClN3/c1-2-10-20-15(11-12-6-3-4-7-13(12)17)19-14-8-5-9-18-16(14)20/h3-9H,2,10-11H2,1H3. The van der Waals surface area contributed by atoms with Gasteiger partial charge in [-0.15, -0.1) is 0 Å². The highest BCUT2D eigenvalue weighted by Gasteiger charge is 2.12. The van der Waals surface area contributed by atoms with Crippen molar-refractivity contribution in [2.24, 2.45) is 0 Å². The van der Waals surface area contributed by atoms with E-state index < -0.39 is 0 Å². The Balaban J connectivity index is 2.06. The molecular formula is C16H16ClN3. The summed E-state index contributed by atoms with van der Waals surface area (Å²) in [5, 5.41) is 0.788. The van der Waals surface area contributed by atoms with E-state index in [0.717, 1.165) is 47.0 Å². The summed E-state index contributed by atoms with van der Waals surface area (Å²) in [6.45, 7) is 3.08. The molecule has 0 bridgehead atoms. The van der Waals surface area contributed by atoms with Gasteiger partial charge in [-0.25, -0.2) is 9.97 Å². The molecule has 3 rings (SSSR count). The first-order valence-electron chi connectivity index (χ1n) is 6.83. The van der Waals surface area contributed by atoms with Crippen molar-refractivity contribution >= 4 is 22.8 Å². The maximum Gasteiger partial charge on any atom is 0.159 e. The fraction of sp³-hybridized carbons (Fsp3) is 0.250. The molecule has 0 spiro atoms. The van der Waals surface area contributed by atoms with Gasteiger partial charge in [0, 0.05) is 24.2 Å². The van der Waals surface area contributed by atoms with Gasteiger partial charge < -0.3 is 4.57 Å². The molecule has 0 saturated carbocycles. The summed E-state index contributed by atoms with van der Waals surface area (Å²) < 4.78 is 2.19. The highest BCUT2D eigenvalue weighted by molar-refractivity contribution is 6.31. The largest absolute Gasteiger partial charge is 0.312 e. The molecule has 20 heavy (non-hydrogen) atoms. The van der Waals surface area contributed by atoms with Crippen molar-refractivity contribution in [3.05, 3.63) is 59.0 Å². The molecular weight excluding hydrogens is 270 g/mol. The van der Waals surface area contributed by atoms with Crippen LogP contribution in [0.2, 0.25) is 5.02 Å². The second-order valence-electron chi connectivity index (χ2n) is 4.79. The van der Waals surface area contributed by atoms with Crippen molar-refractivity contribution in [2.45, 2.75) is 26.3 Å². The molecule has 3 aromatic rings. The molecule has 0 radical (unpaired) electrons. The zero-order valence-electron chi connectivity index (χ0n) is 11.4. The van der Waals surface area contributed by atoms with Crippen LogP contribution in [-0.2, 0) is 13.0 Å². The Morgan fingerprint density at radius 3 is 2.80 bits per heavy atom. The number of nitrogens with zero attached hydrogens (tertiary/aromatic N) is 3. The zero-order chi connectivity index (χ0) is 13.9. The smallest absolute Gasteiger partial charge is 0.159 e. The summed E-state index contributed by atoms with van der Waals surface area (Å²) in [4.78, 5) is 9.16. The van der Waals surface area contributed by atoms with Crippen LogP contribution in [0, 0.1) is 0 Å². The highest BCUT2D eigenvalue weighted by atomic mass is 35.5. The van der Waals surface area contributed by atoms with Gasteiger partial charge in [-0.1, -0.05) is 36.7 Å². The molecule has 0 unspecified atom stereocenters. The zero-order valence-corrected chi connectivity index (χ0v) is 12.1. The fourth-order valence-electron chi connectivity index (χ4n) is 2.41. The second-order valence-corrected chi connectivity index (χ2v) is 5.20. The number of benzene rings is 1. The molecule has 1 aromatic carbocycles. The molecule has 4 heteroatoms. The van der Waals surface area contributed by atoms with Crippen LogP contribution in [0.3, 0.4) is 0 Å². The summed E-state index contributed by atoms with van der Waals surface area (Å²) in [6.07, 6.45) is 3.60. The number of fused-ring (bicyclic) bond motifs is 1. The first-order valence-corrected chi connectivity index (χ1v) is 7.21. The number of pyridine rings is 1. The number of hydrogen-bond acceptors (Lipinski definition) is 2. The van der Waals surface area contributed by atoms with E-state index in [1.165, 1.54) is 0 Å². The Kier molecular flexibility index (Phi) is 3.70. The normalized spacial score (nSPS) is 11.1. The van der Waals surface area contributed by atoms with Crippen LogP contribution in [-0.4, -0.2) is 14.5 Å². The van der Waals surface area contributed by atoms with Crippen LogP contribution in [0.5, 0.6) is 0 Å². The predicted octanol–water partition coefficient (Wildman–Crippen LogP) is 4.09. The van der Waals surface area contributed by atoms with Crippen molar-refractivity contribution in [1.29, 1.82) is 0 Å². The Morgan fingerprint density at radius 2 is 2.00 bits per heavy atom. The minimum atomic E-state index is 0.732. The van der Waals surface area contributed by atoms with E-state index >= 15 is 0 Å². The lowest BCUT2D eigenvalue weighted by atomic mass is 10.1. The summed E-state index contributed by atoms with van der Waals surface area (Å²) in [7, 11) is 0. The first kappa shape index (κ1) is 13.1. The quantitative estimate of drug-likeness (QED) is 0.723. The van der Waals surface area contributed by atoms with Crippen molar-refractivity contribution in [3.8, 4) is 0 Å². The second kappa shape index (κ2) is 5.63. The van der Waals surface area contributed by atoms with E-state index in [4.69, 9.17) is 16.6 Å². The fourth-order valence-corrected chi connectivity index (χ4v) is 2.61. The maximum absolute atomic E-state index is 6.25. The van der Waals surface area contributed by atoms with Gasteiger partial charge in [-0.05, 0) is 30.2 Å². The molecule has 0 aliphatic heterocycles. The van der Waals surface area contributed by atoms with Crippen molar-refractivity contribution in [3.63, 3.8) is 0 Å². The van der Waals surface area contributed by atoms with Crippen molar-refractivity contribution in [2.75, 3.05) is 0 Å². The lowest BCUT2D eigenvalue weighted by Crippen LogP contribution is -2.05. The molecule has 0 aliphatic rings. The minimum absolute atomic E-state index is 0.732. The van der Waals surface area contributed by atoms with E-state index in [0.29, 0.717) is 0 Å². The van der Waals surface area contributed by atoms with Crippen LogP contribution in [0.1, 0.15) is 24.7 Å². The van der Waals surface area contributed by atoms with E-state index in [1.807, 2.05) is 42.6 Å². The van der Waals surface area contributed by atoms with Crippen molar-refractivity contribution in [1.82, 2.24) is 14.5 Å². The maximum atomic E-state index is 6.25. The number of aryl methyl sites for hydroxylation is 1. The summed E-state index contributed by atoms with van der Waals surface area (Å²) in [6, 6.07) is 11.8. The summed E-state index contributed by atoms with van der Waals surface area (Å²) in [5.41, 5.74) is 3.00. The molecule has 0 amide bonds. The number of imidazole rings is 1. The molecule has 0 fully saturated rings. The van der Waals surface area contributed by atoms with Gasteiger partial charge in [-0.2, -0.15) is 0 Å². The highest BCUT2D eigenvalue weighted by Crippen LogP contribution is 2.21. The molecule has 102 valence electrons. The first-order chi connectivity index (χ1) is 9.79. The van der Waals surface area contributed by atoms with Gasteiger partial charge in [0.1, 0.15) is 11.3 Å². The van der Waals surface area contributed by atoms with Crippen molar-refractivity contribution < 1.29 is 0 Å². The van der Waals surface area contributed by atoms with Gasteiger partial charge in [0.2, 0.25) is 0 Å². The Morgan fingerprint density at radius 1 is 1.15 bits per heavy atom. The molecule has 0 aliphatic carbocycles. The number of halogens is 1. The average molecular weight is 286 g/mol. The van der Waals surface area contributed by atoms with Crippen LogP contribution >= 0.6 is 11.6 Å². The topological polar surface area (TPSA) is 30.7 Å². The molecule has 2 heterocycles.